The van der Waals surface area contributed by atoms with Crippen LogP contribution in [-0.2, 0) is 6.42 Å². The van der Waals surface area contributed by atoms with E-state index in [2.05, 4.69) is 5.16 Å². The first-order valence-corrected chi connectivity index (χ1v) is 5.62. The van der Waals surface area contributed by atoms with Gasteiger partial charge in [0.15, 0.2) is 0 Å². The SMILES string of the molecule is CCc1cc(Cl)cc(-c2cnoc2N)c1OC. The van der Waals surface area contributed by atoms with Gasteiger partial charge in [-0.2, -0.15) is 0 Å². The van der Waals surface area contributed by atoms with Crippen LogP contribution in [-0.4, -0.2) is 12.3 Å². The second-order valence-corrected chi connectivity index (χ2v) is 4.04. The average molecular weight is 253 g/mol. The third kappa shape index (κ3) is 2.08. The van der Waals surface area contributed by atoms with Crippen molar-refractivity contribution in [2.75, 3.05) is 12.8 Å². The standard InChI is InChI=1S/C12H13ClN2O2/c1-3-7-4-8(13)5-9(11(7)16-2)10-6-15-17-12(10)14/h4-6H,3,14H2,1-2H3. The van der Waals surface area contributed by atoms with Crippen LogP contribution >= 0.6 is 11.6 Å². The molecule has 0 saturated heterocycles. The van der Waals surface area contributed by atoms with Crippen molar-refractivity contribution >= 4 is 17.5 Å². The molecule has 90 valence electrons. The van der Waals surface area contributed by atoms with Crippen molar-refractivity contribution in [1.82, 2.24) is 5.16 Å². The second-order valence-electron chi connectivity index (χ2n) is 3.60. The number of hydrogen-bond donors (Lipinski definition) is 1. The lowest BCUT2D eigenvalue weighted by Crippen LogP contribution is -1.95. The molecular weight excluding hydrogens is 240 g/mol. The van der Waals surface area contributed by atoms with E-state index < -0.39 is 0 Å². The zero-order valence-electron chi connectivity index (χ0n) is 9.66. The molecule has 0 aliphatic heterocycles. The third-order valence-electron chi connectivity index (χ3n) is 2.60. The van der Waals surface area contributed by atoms with Gasteiger partial charge in [-0.15, -0.1) is 0 Å². The van der Waals surface area contributed by atoms with Crippen LogP contribution in [0.5, 0.6) is 5.75 Å². The Morgan fingerprint density at radius 2 is 2.18 bits per heavy atom. The maximum absolute atomic E-state index is 6.08. The fourth-order valence-corrected chi connectivity index (χ4v) is 2.05. The van der Waals surface area contributed by atoms with Crippen molar-refractivity contribution in [2.24, 2.45) is 0 Å². The number of nitrogens with two attached hydrogens (primary N) is 1. The van der Waals surface area contributed by atoms with Gasteiger partial charge in [-0.3, -0.25) is 0 Å². The number of halogens is 1. The first-order valence-electron chi connectivity index (χ1n) is 5.24. The summed E-state index contributed by atoms with van der Waals surface area (Å²) in [5.74, 6) is 1.01. The predicted molar refractivity (Wildman–Crippen MR) is 67.3 cm³/mol. The highest BCUT2D eigenvalue weighted by molar-refractivity contribution is 6.31. The van der Waals surface area contributed by atoms with E-state index in [0.29, 0.717) is 10.6 Å². The lowest BCUT2D eigenvalue weighted by Gasteiger charge is -2.12. The number of anilines is 1. The molecule has 1 heterocycles. The number of methoxy groups -OCH3 is 1. The van der Waals surface area contributed by atoms with Gasteiger partial charge < -0.3 is 15.0 Å². The molecule has 4 nitrogen and oxygen atoms in total. The molecule has 0 unspecified atom stereocenters. The van der Waals surface area contributed by atoms with E-state index in [1.165, 1.54) is 0 Å². The molecule has 1 aromatic carbocycles. The van der Waals surface area contributed by atoms with Gasteiger partial charge in [-0.05, 0) is 24.1 Å². The van der Waals surface area contributed by atoms with Gasteiger partial charge in [0.2, 0.25) is 5.88 Å². The summed E-state index contributed by atoms with van der Waals surface area (Å²) in [6, 6.07) is 3.68. The van der Waals surface area contributed by atoms with Crippen LogP contribution < -0.4 is 10.5 Å². The van der Waals surface area contributed by atoms with Crippen LogP contribution in [0.4, 0.5) is 5.88 Å². The largest absolute Gasteiger partial charge is 0.496 e. The Labute approximate surface area is 104 Å². The Kier molecular flexibility index (Phi) is 3.24. The highest BCUT2D eigenvalue weighted by Gasteiger charge is 2.16. The van der Waals surface area contributed by atoms with Gasteiger partial charge in [0.25, 0.3) is 0 Å². The quantitative estimate of drug-likeness (QED) is 0.912. The summed E-state index contributed by atoms with van der Waals surface area (Å²) in [4.78, 5) is 0. The van der Waals surface area contributed by atoms with Gasteiger partial charge in [-0.1, -0.05) is 23.7 Å². The molecule has 0 aliphatic carbocycles. The lowest BCUT2D eigenvalue weighted by atomic mass is 10.0. The van der Waals surface area contributed by atoms with E-state index in [1.54, 1.807) is 19.4 Å². The molecule has 0 bridgehead atoms. The Morgan fingerprint density at radius 1 is 1.41 bits per heavy atom. The van der Waals surface area contributed by atoms with Crippen molar-refractivity contribution in [2.45, 2.75) is 13.3 Å². The molecule has 0 saturated carbocycles. The minimum Gasteiger partial charge on any atom is -0.496 e. The minimum atomic E-state index is 0.257. The molecule has 0 fully saturated rings. The molecule has 0 spiro atoms. The van der Waals surface area contributed by atoms with Crippen LogP contribution in [0.3, 0.4) is 0 Å². The number of rotatable bonds is 3. The molecule has 5 heteroatoms. The number of benzene rings is 1. The predicted octanol–water partition coefficient (Wildman–Crippen LogP) is 3.15. The van der Waals surface area contributed by atoms with Crippen molar-refractivity contribution < 1.29 is 9.26 Å². The lowest BCUT2D eigenvalue weighted by molar-refractivity contribution is 0.411. The smallest absolute Gasteiger partial charge is 0.230 e. The second kappa shape index (κ2) is 4.67. The normalized spacial score (nSPS) is 10.5. The van der Waals surface area contributed by atoms with Crippen LogP contribution in [0.2, 0.25) is 5.02 Å². The molecule has 17 heavy (non-hydrogen) atoms. The number of nitrogens with zero attached hydrogens (tertiary/aromatic N) is 1. The number of nitrogen functional groups attached to an aromatic ring is 1. The van der Waals surface area contributed by atoms with E-state index >= 15 is 0 Å². The van der Waals surface area contributed by atoms with E-state index in [9.17, 15) is 0 Å². The van der Waals surface area contributed by atoms with Crippen LogP contribution in [0.25, 0.3) is 11.1 Å². The first-order chi connectivity index (χ1) is 8.17. The van der Waals surface area contributed by atoms with Gasteiger partial charge in [0, 0.05) is 10.6 Å². The Bertz CT molecular complexity index is 537. The summed E-state index contributed by atoms with van der Waals surface area (Å²) in [6.07, 6.45) is 2.38. The molecule has 0 amide bonds. The van der Waals surface area contributed by atoms with E-state index in [4.69, 9.17) is 26.6 Å². The van der Waals surface area contributed by atoms with Gasteiger partial charge in [0.05, 0.1) is 18.9 Å². The topological polar surface area (TPSA) is 61.3 Å². The zero-order chi connectivity index (χ0) is 12.4. The molecule has 2 aromatic rings. The highest BCUT2D eigenvalue weighted by atomic mass is 35.5. The van der Waals surface area contributed by atoms with E-state index in [-0.39, 0.29) is 5.88 Å². The Morgan fingerprint density at radius 3 is 2.71 bits per heavy atom. The summed E-state index contributed by atoms with van der Waals surface area (Å²) in [7, 11) is 1.62. The monoisotopic (exact) mass is 252 g/mol. The van der Waals surface area contributed by atoms with Gasteiger partial charge in [-0.25, -0.2) is 0 Å². The zero-order valence-corrected chi connectivity index (χ0v) is 10.4. The Balaban J connectivity index is 2.68. The summed E-state index contributed by atoms with van der Waals surface area (Å²) < 4.78 is 10.3. The average Bonchev–Trinajstić information content (AvgIpc) is 2.74. The summed E-state index contributed by atoms with van der Waals surface area (Å²) in [5.41, 5.74) is 8.23. The fraction of sp³-hybridized carbons (Fsp3) is 0.250. The van der Waals surface area contributed by atoms with E-state index in [0.717, 1.165) is 23.3 Å². The molecular formula is C12H13ClN2O2. The van der Waals surface area contributed by atoms with Crippen LogP contribution in [0.15, 0.2) is 22.9 Å². The Hall–Kier alpha value is -1.68. The minimum absolute atomic E-state index is 0.257. The third-order valence-corrected chi connectivity index (χ3v) is 2.82. The van der Waals surface area contributed by atoms with Gasteiger partial charge >= 0.3 is 0 Å². The summed E-state index contributed by atoms with van der Waals surface area (Å²) in [5, 5.41) is 4.30. The molecule has 0 radical (unpaired) electrons. The molecule has 1 aromatic heterocycles. The fourth-order valence-electron chi connectivity index (χ4n) is 1.80. The summed E-state index contributed by atoms with van der Waals surface area (Å²) >= 11 is 6.08. The first kappa shape index (κ1) is 11.8. The van der Waals surface area contributed by atoms with Crippen molar-refractivity contribution in [1.29, 1.82) is 0 Å². The molecule has 0 atom stereocenters. The van der Waals surface area contributed by atoms with Gasteiger partial charge in [0.1, 0.15) is 5.75 Å². The molecule has 0 aliphatic rings. The van der Waals surface area contributed by atoms with Crippen molar-refractivity contribution in [3.63, 3.8) is 0 Å². The number of ether oxygens (including phenoxy) is 1. The van der Waals surface area contributed by atoms with Crippen molar-refractivity contribution in [3.05, 3.63) is 28.9 Å². The summed E-state index contributed by atoms with van der Waals surface area (Å²) in [6.45, 7) is 2.04. The number of aryl methyl sites for hydroxylation is 1. The maximum atomic E-state index is 6.08. The maximum Gasteiger partial charge on any atom is 0.230 e. The molecule has 2 N–H and O–H groups in total. The molecule has 2 rings (SSSR count). The van der Waals surface area contributed by atoms with Crippen molar-refractivity contribution in [3.8, 4) is 16.9 Å². The van der Waals surface area contributed by atoms with Crippen LogP contribution in [0.1, 0.15) is 12.5 Å². The van der Waals surface area contributed by atoms with Crippen LogP contribution in [0, 0.1) is 0 Å². The van der Waals surface area contributed by atoms with E-state index in [1.807, 2.05) is 13.0 Å². The number of hydrogen-bond acceptors (Lipinski definition) is 4. The number of aromatic nitrogens is 1. The highest BCUT2D eigenvalue weighted by Crippen LogP contribution is 2.38.